The largest absolute Gasteiger partial charge is 0.356 e. The lowest BCUT2D eigenvalue weighted by Crippen LogP contribution is -2.29. The van der Waals surface area contributed by atoms with Crippen molar-refractivity contribution in [2.24, 2.45) is 18.7 Å². The molecule has 1 unspecified atom stereocenters. The van der Waals surface area contributed by atoms with Crippen molar-refractivity contribution >= 4 is 5.91 Å². The minimum Gasteiger partial charge on any atom is -0.356 e. The van der Waals surface area contributed by atoms with E-state index < -0.39 is 0 Å². The Balaban J connectivity index is 2.21. The number of nitrogens with one attached hydrogen (secondary N) is 1. The van der Waals surface area contributed by atoms with Crippen LogP contribution in [0.3, 0.4) is 0 Å². The standard InChI is InChI=1S/C10H19N5O/c1-8(6-11)5-10(16)12-4-3-9-14-13-7-15(9)2/h7-8H,3-6,11H2,1-2H3,(H,12,16). The summed E-state index contributed by atoms with van der Waals surface area (Å²) in [5, 5.41) is 10.5. The van der Waals surface area contributed by atoms with Crippen molar-refractivity contribution in [2.45, 2.75) is 19.8 Å². The lowest BCUT2D eigenvalue weighted by atomic mass is 10.1. The van der Waals surface area contributed by atoms with Crippen LogP contribution in [0.1, 0.15) is 19.2 Å². The van der Waals surface area contributed by atoms with Crippen LogP contribution in [0, 0.1) is 5.92 Å². The first-order valence-corrected chi connectivity index (χ1v) is 5.43. The molecule has 1 aromatic rings. The second-order valence-electron chi connectivity index (χ2n) is 4.00. The highest BCUT2D eigenvalue weighted by Crippen LogP contribution is 1.98. The molecule has 0 saturated carbocycles. The quantitative estimate of drug-likeness (QED) is 0.680. The van der Waals surface area contributed by atoms with Crippen LogP contribution in [0.4, 0.5) is 0 Å². The van der Waals surface area contributed by atoms with Gasteiger partial charge in [-0.3, -0.25) is 4.79 Å². The lowest BCUT2D eigenvalue weighted by Gasteiger charge is -2.08. The number of rotatable bonds is 6. The van der Waals surface area contributed by atoms with Crippen LogP contribution in [0.25, 0.3) is 0 Å². The molecule has 1 atom stereocenters. The molecule has 90 valence electrons. The van der Waals surface area contributed by atoms with Gasteiger partial charge in [0.25, 0.3) is 0 Å². The summed E-state index contributed by atoms with van der Waals surface area (Å²) in [6, 6.07) is 0. The molecule has 0 aliphatic rings. The van der Waals surface area contributed by atoms with Gasteiger partial charge in [-0.05, 0) is 12.5 Å². The van der Waals surface area contributed by atoms with Gasteiger partial charge < -0.3 is 15.6 Å². The van der Waals surface area contributed by atoms with Crippen molar-refractivity contribution in [3.8, 4) is 0 Å². The van der Waals surface area contributed by atoms with E-state index in [2.05, 4.69) is 15.5 Å². The Kier molecular flexibility index (Phi) is 4.91. The fourth-order valence-electron chi connectivity index (χ4n) is 1.32. The summed E-state index contributed by atoms with van der Waals surface area (Å²) in [5.41, 5.74) is 5.44. The SMILES string of the molecule is CC(CN)CC(=O)NCCc1nncn1C. The van der Waals surface area contributed by atoms with E-state index in [0.717, 1.165) is 5.82 Å². The van der Waals surface area contributed by atoms with Crippen molar-refractivity contribution < 1.29 is 4.79 Å². The summed E-state index contributed by atoms with van der Waals surface area (Å²) in [4.78, 5) is 11.4. The smallest absolute Gasteiger partial charge is 0.220 e. The molecule has 0 bridgehead atoms. The minimum atomic E-state index is 0.0418. The topological polar surface area (TPSA) is 85.8 Å². The van der Waals surface area contributed by atoms with E-state index in [1.54, 1.807) is 6.33 Å². The van der Waals surface area contributed by atoms with E-state index in [9.17, 15) is 4.79 Å². The number of nitrogens with two attached hydrogens (primary N) is 1. The molecule has 0 spiro atoms. The number of hydrogen-bond acceptors (Lipinski definition) is 4. The molecule has 0 fully saturated rings. The van der Waals surface area contributed by atoms with Crippen molar-refractivity contribution in [1.82, 2.24) is 20.1 Å². The van der Waals surface area contributed by atoms with E-state index >= 15 is 0 Å². The number of aromatic nitrogens is 3. The van der Waals surface area contributed by atoms with Gasteiger partial charge in [0.1, 0.15) is 12.2 Å². The van der Waals surface area contributed by atoms with Gasteiger partial charge in [-0.25, -0.2) is 0 Å². The van der Waals surface area contributed by atoms with Gasteiger partial charge in [0.2, 0.25) is 5.91 Å². The molecule has 3 N–H and O–H groups in total. The third kappa shape index (κ3) is 3.98. The third-order valence-corrected chi connectivity index (χ3v) is 2.41. The van der Waals surface area contributed by atoms with Crippen LogP contribution in [-0.4, -0.2) is 33.8 Å². The van der Waals surface area contributed by atoms with Crippen LogP contribution < -0.4 is 11.1 Å². The van der Waals surface area contributed by atoms with Gasteiger partial charge >= 0.3 is 0 Å². The second kappa shape index (κ2) is 6.22. The van der Waals surface area contributed by atoms with Crippen molar-refractivity contribution in [3.63, 3.8) is 0 Å². The number of carbonyl (C=O) groups excluding carboxylic acids is 1. The summed E-state index contributed by atoms with van der Waals surface area (Å²) in [6.07, 6.45) is 2.82. The Morgan fingerprint density at radius 3 is 3.00 bits per heavy atom. The van der Waals surface area contributed by atoms with Crippen LogP contribution in [0.2, 0.25) is 0 Å². The highest BCUT2D eigenvalue weighted by Gasteiger charge is 2.07. The molecule has 1 amide bonds. The van der Waals surface area contributed by atoms with Crippen molar-refractivity contribution in [1.29, 1.82) is 0 Å². The van der Waals surface area contributed by atoms with E-state index in [0.29, 0.717) is 25.9 Å². The maximum Gasteiger partial charge on any atom is 0.220 e. The first kappa shape index (κ1) is 12.6. The Bertz CT molecular complexity index is 336. The summed E-state index contributed by atoms with van der Waals surface area (Å²) >= 11 is 0. The van der Waals surface area contributed by atoms with E-state index in [1.165, 1.54) is 0 Å². The zero-order valence-corrected chi connectivity index (χ0v) is 9.81. The molecule has 0 saturated heterocycles. The molecule has 0 aromatic carbocycles. The first-order chi connectivity index (χ1) is 7.63. The maximum absolute atomic E-state index is 11.4. The molecule has 6 nitrogen and oxygen atoms in total. The monoisotopic (exact) mass is 225 g/mol. The third-order valence-electron chi connectivity index (χ3n) is 2.41. The summed E-state index contributed by atoms with van der Waals surface area (Å²) in [6.45, 7) is 3.08. The number of aryl methyl sites for hydroxylation is 1. The predicted molar refractivity (Wildman–Crippen MR) is 60.6 cm³/mol. The van der Waals surface area contributed by atoms with Gasteiger partial charge in [-0.15, -0.1) is 10.2 Å². The predicted octanol–water partition coefficient (Wildman–Crippen LogP) is -0.541. The number of carbonyl (C=O) groups is 1. The van der Waals surface area contributed by atoms with Crippen LogP contribution >= 0.6 is 0 Å². The van der Waals surface area contributed by atoms with Gasteiger partial charge in [0.15, 0.2) is 0 Å². The minimum absolute atomic E-state index is 0.0418. The lowest BCUT2D eigenvalue weighted by molar-refractivity contribution is -0.121. The summed E-state index contributed by atoms with van der Waals surface area (Å²) in [7, 11) is 1.88. The number of amides is 1. The van der Waals surface area contributed by atoms with Crippen LogP contribution in [0.5, 0.6) is 0 Å². The second-order valence-corrected chi connectivity index (χ2v) is 4.00. The molecule has 1 aromatic heterocycles. The van der Waals surface area contributed by atoms with Gasteiger partial charge in [0, 0.05) is 26.4 Å². The average Bonchev–Trinajstić information content (AvgIpc) is 2.64. The Morgan fingerprint density at radius 1 is 1.69 bits per heavy atom. The average molecular weight is 225 g/mol. The Labute approximate surface area is 95.2 Å². The molecule has 0 radical (unpaired) electrons. The van der Waals surface area contributed by atoms with Gasteiger partial charge in [-0.1, -0.05) is 6.92 Å². The molecule has 1 heterocycles. The molecular weight excluding hydrogens is 206 g/mol. The molecule has 16 heavy (non-hydrogen) atoms. The molecule has 1 rings (SSSR count). The molecular formula is C10H19N5O. The Morgan fingerprint density at radius 2 is 2.44 bits per heavy atom. The van der Waals surface area contributed by atoms with Gasteiger partial charge in [0.05, 0.1) is 0 Å². The van der Waals surface area contributed by atoms with Crippen molar-refractivity contribution in [3.05, 3.63) is 12.2 Å². The maximum atomic E-state index is 11.4. The van der Waals surface area contributed by atoms with Crippen molar-refractivity contribution in [2.75, 3.05) is 13.1 Å². The summed E-state index contributed by atoms with van der Waals surface area (Å²) < 4.78 is 1.84. The number of nitrogens with zero attached hydrogens (tertiary/aromatic N) is 3. The highest BCUT2D eigenvalue weighted by atomic mass is 16.1. The van der Waals surface area contributed by atoms with Crippen LogP contribution in [-0.2, 0) is 18.3 Å². The fraction of sp³-hybridized carbons (Fsp3) is 0.700. The summed E-state index contributed by atoms with van der Waals surface area (Å²) in [5.74, 6) is 1.14. The molecule has 0 aliphatic heterocycles. The molecule has 6 heteroatoms. The first-order valence-electron chi connectivity index (χ1n) is 5.43. The van der Waals surface area contributed by atoms with E-state index in [-0.39, 0.29) is 11.8 Å². The van der Waals surface area contributed by atoms with Gasteiger partial charge in [-0.2, -0.15) is 0 Å². The van der Waals surface area contributed by atoms with E-state index in [4.69, 9.17) is 5.73 Å². The van der Waals surface area contributed by atoms with E-state index in [1.807, 2.05) is 18.5 Å². The Hall–Kier alpha value is -1.43. The molecule has 0 aliphatic carbocycles. The number of hydrogen-bond donors (Lipinski definition) is 2. The normalized spacial score (nSPS) is 12.4. The zero-order chi connectivity index (χ0) is 12.0. The highest BCUT2D eigenvalue weighted by molar-refractivity contribution is 5.76. The van der Waals surface area contributed by atoms with Crippen LogP contribution in [0.15, 0.2) is 6.33 Å². The fourth-order valence-corrected chi connectivity index (χ4v) is 1.32. The zero-order valence-electron chi connectivity index (χ0n) is 9.81.